The van der Waals surface area contributed by atoms with Crippen LogP contribution in [0.4, 0.5) is 0 Å². The topological polar surface area (TPSA) is 61.5 Å². The highest BCUT2D eigenvalue weighted by Crippen LogP contribution is 2.53. The molecule has 3 atom stereocenters. The van der Waals surface area contributed by atoms with Crippen LogP contribution in [0, 0.1) is 11.8 Å². The fourth-order valence-electron chi connectivity index (χ4n) is 4.96. The Balaban J connectivity index is 2.05. The number of allylic oxidation sites excluding steroid dienone is 2. The summed E-state index contributed by atoms with van der Waals surface area (Å²) in [5.74, 6) is 2.05. The maximum absolute atomic E-state index is 12.8. The first-order valence-corrected chi connectivity index (χ1v) is 11.6. The average molecular weight is 414 g/mol. The predicted molar refractivity (Wildman–Crippen MR) is 122 cm³/mol. The molecule has 0 spiro atoms. The van der Waals surface area contributed by atoms with Crippen LogP contribution < -0.4 is 15.2 Å². The molecule has 1 heterocycles. The van der Waals surface area contributed by atoms with Gasteiger partial charge in [0.25, 0.3) is 0 Å². The Morgan fingerprint density at radius 2 is 2.07 bits per heavy atom. The van der Waals surface area contributed by atoms with Crippen molar-refractivity contribution in [3.63, 3.8) is 0 Å². The third-order valence-electron chi connectivity index (χ3n) is 6.57. The number of esters is 1. The number of ether oxygens (including phenoxy) is 2. The molecule has 1 aromatic rings. The number of rotatable bonds is 7. The largest absolute Gasteiger partial charge is 0.487 e. The van der Waals surface area contributed by atoms with E-state index in [4.69, 9.17) is 15.2 Å². The first-order chi connectivity index (χ1) is 14.1. The molecule has 0 saturated carbocycles. The van der Waals surface area contributed by atoms with Gasteiger partial charge in [0.05, 0.1) is 0 Å². The lowest BCUT2D eigenvalue weighted by Gasteiger charge is -2.46. The fourth-order valence-corrected chi connectivity index (χ4v) is 4.96. The molecule has 3 unspecified atom stereocenters. The molecule has 4 heteroatoms. The summed E-state index contributed by atoms with van der Waals surface area (Å²) in [6.07, 6.45) is 8.29. The molecule has 0 bridgehead atoms. The van der Waals surface area contributed by atoms with Crippen LogP contribution >= 0.6 is 0 Å². The standard InChI is InChI=1S/C26H39NO3/c1-7-8-9-18-14-22(29-25(28)21(27)12-16(2)3)24-19-13-17(4)10-11-20(19)26(5,6)30-23(24)15-18/h13-16,19-21H,7-12,27H2,1-6H3. The van der Waals surface area contributed by atoms with Gasteiger partial charge in [0, 0.05) is 17.4 Å². The minimum absolute atomic E-state index is 0.196. The van der Waals surface area contributed by atoms with Crippen molar-refractivity contribution in [2.45, 2.75) is 97.6 Å². The third-order valence-corrected chi connectivity index (χ3v) is 6.57. The SMILES string of the molecule is CCCCc1cc(OC(=O)C(N)CC(C)C)c2c(c1)OC(C)(C)C1CCC(C)=CC21. The molecule has 0 saturated heterocycles. The molecular formula is C26H39NO3. The smallest absolute Gasteiger partial charge is 0.328 e. The van der Waals surface area contributed by atoms with Gasteiger partial charge in [-0.25, -0.2) is 4.79 Å². The van der Waals surface area contributed by atoms with E-state index in [1.54, 1.807) is 0 Å². The Kier molecular flexibility index (Phi) is 6.96. The van der Waals surface area contributed by atoms with Crippen molar-refractivity contribution in [2.75, 3.05) is 0 Å². The molecular weight excluding hydrogens is 374 g/mol. The molecule has 4 nitrogen and oxygen atoms in total. The molecule has 1 aliphatic heterocycles. The van der Waals surface area contributed by atoms with E-state index in [0.29, 0.717) is 24.0 Å². The van der Waals surface area contributed by atoms with Gasteiger partial charge in [0.1, 0.15) is 23.1 Å². The van der Waals surface area contributed by atoms with Gasteiger partial charge in [-0.15, -0.1) is 0 Å². The number of nitrogens with two attached hydrogens (primary N) is 1. The van der Waals surface area contributed by atoms with Crippen LogP contribution in [0.25, 0.3) is 0 Å². The van der Waals surface area contributed by atoms with Crippen LogP contribution in [0.5, 0.6) is 11.5 Å². The van der Waals surface area contributed by atoms with E-state index in [9.17, 15) is 4.79 Å². The number of unbranched alkanes of at least 4 members (excludes halogenated alkanes) is 1. The molecule has 0 fully saturated rings. The number of carbonyl (C=O) groups excluding carboxylic acids is 1. The Bertz CT molecular complexity index is 809. The Labute approximate surface area is 182 Å². The minimum atomic E-state index is -0.611. The van der Waals surface area contributed by atoms with Crippen molar-refractivity contribution in [1.29, 1.82) is 0 Å². The summed E-state index contributed by atoms with van der Waals surface area (Å²) in [5, 5.41) is 0. The van der Waals surface area contributed by atoms with Crippen molar-refractivity contribution in [1.82, 2.24) is 0 Å². The van der Waals surface area contributed by atoms with Crippen LogP contribution in [0.1, 0.15) is 90.7 Å². The number of hydrogen-bond donors (Lipinski definition) is 1. The van der Waals surface area contributed by atoms with Gasteiger partial charge in [-0.1, -0.05) is 38.8 Å². The summed E-state index contributed by atoms with van der Waals surface area (Å²) in [4.78, 5) is 12.8. The van der Waals surface area contributed by atoms with Crippen LogP contribution in [-0.2, 0) is 11.2 Å². The quantitative estimate of drug-likeness (QED) is 0.342. The minimum Gasteiger partial charge on any atom is -0.487 e. The highest BCUT2D eigenvalue weighted by atomic mass is 16.5. The monoisotopic (exact) mass is 413 g/mol. The summed E-state index contributed by atoms with van der Waals surface area (Å²) in [5.41, 5.74) is 9.45. The fraction of sp³-hybridized carbons (Fsp3) is 0.654. The Morgan fingerprint density at radius 3 is 2.73 bits per heavy atom. The molecule has 3 rings (SSSR count). The molecule has 2 aliphatic rings. The van der Waals surface area contributed by atoms with E-state index >= 15 is 0 Å². The molecule has 0 amide bonds. The van der Waals surface area contributed by atoms with Crippen LogP contribution in [0.3, 0.4) is 0 Å². The van der Waals surface area contributed by atoms with Crippen molar-refractivity contribution in [2.24, 2.45) is 17.6 Å². The van der Waals surface area contributed by atoms with Crippen LogP contribution in [0.15, 0.2) is 23.8 Å². The van der Waals surface area contributed by atoms with E-state index in [0.717, 1.165) is 49.0 Å². The number of fused-ring (bicyclic) bond motifs is 3. The second-order valence-corrected chi connectivity index (χ2v) is 10.2. The lowest BCUT2D eigenvalue weighted by Crippen LogP contribution is -2.45. The van der Waals surface area contributed by atoms with Crippen molar-refractivity contribution >= 4 is 5.97 Å². The first-order valence-electron chi connectivity index (χ1n) is 11.6. The number of carbonyl (C=O) groups is 1. The predicted octanol–water partition coefficient (Wildman–Crippen LogP) is 5.92. The summed E-state index contributed by atoms with van der Waals surface area (Å²) >= 11 is 0. The second-order valence-electron chi connectivity index (χ2n) is 10.2. The average Bonchev–Trinajstić information content (AvgIpc) is 2.64. The zero-order chi connectivity index (χ0) is 22.1. The van der Waals surface area contributed by atoms with Gasteiger partial charge in [-0.2, -0.15) is 0 Å². The zero-order valence-corrected chi connectivity index (χ0v) is 19.6. The van der Waals surface area contributed by atoms with Crippen molar-refractivity contribution in [3.8, 4) is 11.5 Å². The maximum atomic E-state index is 12.8. The summed E-state index contributed by atoms with van der Waals surface area (Å²) < 4.78 is 12.5. The van der Waals surface area contributed by atoms with Gasteiger partial charge >= 0.3 is 5.97 Å². The third kappa shape index (κ3) is 4.91. The lowest BCUT2D eigenvalue weighted by atomic mass is 9.68. The van der Waals surface area contributed by atoms with Crippen molar-refractivity contribution in [3.05, 3.63) is 34.9 Å². The van der Waals surface area contributed by atoms with E-state index in [1.807, 2.05) is 6.07 Å². The van der Waals surface area contributed by atoms with E-state index < -0.39 is 6.04 Å². The van der Waals surface area contributed by atoms with Gasteiger partial charge in [-0.05, 0) is 76.5 Å². The van der Waals surface area contributed by atoms with Crippen LogP contribution in [-0.4, -0.2) is 17.6 Å². The Hall–Kier alpha value is -1.81. The maximum Gasteiger partial charge on any atom is 0.328 e. The highest BCUT2D eigenvalue weighted by Gasteiger charge is 2.45. The zero-order valence-electron chi connectivity index (χ0n) is 19.6. The Morgan fingerprint density at radius 1 is 1.33 bits per heavy atom. The molecule has 2 N–H and O–H groups in total. The number of hydrogen-bond acceptors (Lipinski definition) is 4. The number of aryl methyl sites for hydroxylation is 1. The molecule has 166 valence electrons. The van der Waals surface area contributed by atoms with E-state index in [2.05, 4.69) is 53.7 Å². The van der Waals surface area contributed by atoms with E-state index in [-0.39, 0.29) is 17.5 Å². The van der Waals surface area contributed by atoms with Gasteiger partial charge < -0.3 is 15.2 Å². The van der Waals surface area contributed by atoms with Gasteiger partial charge in [0.2, 0.25) is 0 Å². The summed E-state index contributed by atoms with van der Waals surface area (Å²) in [7, 11) is 0. The summed E-state index contributed by atoms with van der Waals surface area (Å²) in [6, 6.07) is 3.59. The van der Waals surface area contributed by atoms with E-state index in [1.165, 1.54) is 5.57 Å². The number of benzene rings is 1. The van der Waals surface area contributed by atoms with Crippen LogP contribution in [0.2, 0.25) is 0 Å². The molecule has 1 aromatic carbocycles. The van der Waals surface area contributed by atoms with Gasteiger partial charge in [0.15, 0.2) is 0 Å². The van der Waals surface area contributed by atoms with Crippen molar-refractivity contribution < 1.29 is 14.3 Å². The summed E-state index contributed by atoms with van der Waals surface area (Å²) in [6.45, 7) is 12.9. The lowest BCUT2D eigenvalue weighted by molar-refractivity contribution is -0.136. The normalized spacial score (nSPS) is 23.1. The molecule has 0 aromatic heterocycles. The molecule has 0 radical (unpaired) electrons. The molecule has 30 heavy (non-hydrogen) atoms. The molecule has 1 aliphatic carbocycles. The van der Waals surface area contributed by atoms with Gasteiger partial charge in [-0.3, -0.25) is 0 Å². The second kappa shape index (κ2) is 9.13. The highest BCUT2D eigenvalue weighted by molar-refractivity contribution is 5.79. The first kappa shape index (κ1) is 22.9.